The van der Waals surface area contributed by atoms with Crippen molar-refractivity contribution in [3.05, 3.63) is 71.3 Å². The Bertz CT molecular complexity index is 935. The zero-order valence-electron chi connectivity index (χ0n) is 15.0. The van der Waals surface area contributed by atoms with Gasteiger partial charge < -0.3 is 14.4 Å². The minimum atomic E-state index is -1.09. The van der Waals surface area contributed by atoms with Crippen LogP contribution in [0.2, 0.25) is 0 Å². The fourth-order valence-corrected chi connectivity index (χ4v) is 4.58. The van der Waals surface area contributed by atoms with Gasteiger partial charge in [0.15, 0.2) is 5.60 Å². The van der Waals surface area contributed by atoms with Crippen LogP contribution in [0.4, 0.5) is 5.69 Å². The number of anilines is 1. The first-order valence-corrected chi connectivity index (χ1v) is 8.97. The molecule has 5 rings (SSSR count). The number of ether oxygens (including phenoxy) is 2. The van der Waals surface area contributed by atoms with E-state index < -0.39 is 5.60 Å². The summed E-state index contributed by atoms with van der Waals surface area (Å²) in [6.07, 6.45) is 0. The number of carbonyl (C=O) groups is 1. The van der Waals surface area contributed by atoms with Gasteiger partial charge in [-0.15, -0.1) is 0 Å². The molecule has 2 aromatic rings. The average Bonchev–Trinajstić information content (AvgIpc) is 3.16. The lowest BCUT2D eigenvalue weighted by Gasteiger charge is -2.42. The summed E-state index contributed by atoms with van der Waals surface area (Å²) in [5.41, 5.74) is 3.74. The van der Waals surface area contributed by atoms with Crippen LogP contribution < -0.4 is 4.90 Å². The normalized spacial score (nSPS) is 30.1. The smallest absolute Gasteiger partial charge is 0.268 e. The van der Waals surface area contributed by atoms with Gasteiger partial charge in [-0.1, -0.05) is 55.5 Å². The van der Waals surface area contributed by atoms with Crippen molar-refractivity contribution in [1.29, 1.82) is 0 Å². The van der Waals surface area contributed by atoms with E-state index >= 15 is 0 Å². The van der Waals surface area contributed by atoms with Crippen LogP contribution in [0.25, 0.3) is 5.57 Å². The average molecular weight is 347 g/mol. The largest absolute Gasteiger partial charge is 0.376 e. The lowest BCUT2D eigenvalue weighted by atomic mass is 9.71. The lowest BCUT2D eigenvalue weighted by molar-refractivity contribution is -0.140. The van der Waals surface area contributed by atoms with E-state index in [2.05, 4.69) is 19.1 Å². The molecule has 3 heterocycles. The fraction of sp³-hybridized carbons (Fsp3) is 0.318. The molecule has 26 heavy (non-hydrogen) atoms. The molecule has 3 aliphatic rings. The number of amides is 1. The predicted octanol–water partition coefficient (Wildman–Crippen LogP) is 3.38. The molecule has 132 valence electrons. The third kappa shape index (κ3) is 1.83. The summed E-state index contributed by atoms with van der Waals surface area (Å²) in [6.45, 7) is 3.82. The van der Waals surface area contributed by atoms with Gasteiger partial charge in [0.05, 0.1) is 25.5 Å². The van der Waals surface area contributed by atoms with E-state index in [9.17, 15) is 4.79 Å². The molecule has 0 aliphatic carbocycles. The van der Waals surface area contributed by atoms with Gasteiger partial charge in [0.1, 0.15) is 0 Å². The van der Waals surface area contributed by atoms with Gasteiger partial charge in [-0.25, -0.2) is 0 Å². The molecule has 3 aliphatic heterocycles. The Kier molecular flexibility index (Phi) is 3.21. The number of likely N-dealkylation sites (N-methyl/N-ethyl adjacent to an activating group) is 1. The van der Waals surface area contributed by atoms with Crippen molar-refractivity contribution < 1.29 is 14.3 Å². The van der Waals surface area contributed by atoms with E-state index in [1.165, 1.54) is 5.57 Å². The molecule has 1 fully saturated rings. The molecule has 1 amide bonds. The van der Waals surface area contributed by atoms with Gasteiger partial charge >= 0.3 is 0 Å². The Morgan fingerprint density at radius 3 is 2.54 bits per heavy atom. The van der Waals surface area contributed by atoms with E-state index in [1.807, 2.05) is 49.5 Å². The number of nitrogens with zero attached hydrogens (tertiary/aromatic N) is 1. The monoisotopic (exact) mass is 347 g/mol. The van der Waals surface area contributed by atoms with Crippen molar-refractivity contribution in [3.63, 3.8) is 0 Å². The molecule has 0 unspecified atom stereocenters. The van der Waals surface area contributed by atoms with Crippen LogP contribution in [0.5, 0.6) is 0 Å². The highest BCUT2D eigenvalue weighted by Crippen LogP contribution is 2.57. The second-order valence-electron chi connectivity index (χ2n) is 7.62. The maximum Gasteiger partial charge on any atom is 0.268 e. The van der Waals surface area contributed by atoms with Crippen LogP contribution in [-0.2, 0) is 19.9 Å². The highest BCUT2D eigenvalue weighted by Gasteiger charge is 2.60. The van der Waals surface area contributed by atoms with E-state index in [4.69, 9.17) is 9.47 Å². The minimum Gasteiger partial charge on any atom is -0.376 e. The molecule has 0 radical (unpaired) electrons. The third-order valence-corrected chi connectivity index (χ3v) is 5.97. The maximum atomic E-state index is 13.5. The molecule has 4 nitrogen and oxygen atoms in total. The van der Waals surface area contributed by atoms with Gasteiger partial charge in [-0.2, -0.15) is 0 Å². The maximum absolute atomic E-state index is 13.5. The minimum absolute atomic E-state index is 0.0287. The summed E-state index contributed by atoms with van der Waals surface area (Å²) in [4.78, 5) is 15.3. The van der Waals surface area contributed by atoms with E-state index in [1.54, 1.807) is 4.90 Å². The van der Waals surface area contributed by atoms with E-state index in [0.29, 0.717) is 19.8 Å². The number of hydrogen-bond acceptors (Lipinski definition) is 3. The first-order chi connectivity index (χ1) is 12.6. The first-order valence-electron chi connectivity index (χ1n) is 8.97. The number of rotatable bonds is 1. The van der Waals surface area contributed by atoms with Gasteiger partial charge in [0, 0.05) is 23.6 Å². The van der Waals surface area contributed by atoms with Crippen LogP contribution in [0.15, 0.2) is 60.2 Å². The Hall–Kier alpha value is -2.43. The first kappa shape index (κ1) is 15.8. The van der Waals surface area contributed by atoms with Crippen LogP contribution in [0.3, 0.4) is 0 Å². The molecule has 0 aromatic heterocycles. The summed E-state index contributed by atoms with van der Waals surface area (Å²) in [6, 6.07) is 18.1. The summed E-state index contributed by atoms with van der Waals surface area (Å²) in [5.74, 6) is -0.0287. The van der Waals surface area contributed by atoms with Gasteiger partial charge in [-0.3, -0.25) is 4.79 Å². The number of para-hydroxylation sites is 1. The Balaban J connectivity index is 1.86. The summed E-state index contributed by atoms with van der Waals surface area (Å²) < 4.78 is 12.3. The number of hydrogen-bond donors (Lipinski definition) is 0. The molecular formula is C22H21NO3. The Morgan fingerprint density at radius 1 is 1.00 bits per heavy atom. The van der Waals surface area contributed by atoms with Crippen molar-refractivity contribution in [1.82, 2.24) is 0 Å². The van der Waals surface area contributed by atoms with Crippen molar-refractivity contribution in [2.24, 2.45) is 5.41 Å². The quantitative estimate of drug-likeness (QED) is 0.794. The molecule has 4 heteroatoms. The Morgan fingerprint density at radius 2 is 1.73 bits per heavy atom. The molecule has 0 saturated carbocycles. The molecule has 0 N–H and O–H groups in total. The Labute approximate surface area is 153 Å². The highest BCUT2D eigenvalue weighted by molar-refractivity contribution is 6.15. The topological polar surface area (TPSA) is 38.8 Å². The fourth-order valence-electron chi connectivity index (χ4n) is 4.58. The van der Waals surface area contributed by atoms with Gasteiger partial charge in [0.25, 0.3) is 5.91 Å². The third-order valence-electron chi connectivity index (χ3n) is 5.97. The van der Waals surface area contributed by atoms with Crippen molar-refractivity contribution in [2.75, 3.05) is 31.8 Å². The zero-order chi connectivity index (χ0) is 17.9. The summed E-state index contributed by atoms with van der Waals surface area (Å²) >= 11 is 0. The predicted molar refractivity (Wildman–Crippen MR) is 99.8 cm³/mol. The van der Waals surface area contributed by atoms with Crippen molar-refractivity contribution in [2.45, 2.75) is 12.5 Å². The van der Waals surface area contributed by atoms with Gasteiger partial charge in [-0.05, 0) is 17.2 Å². The molecular weight excluding hydrogens is 326 g/mol. The van der Waals surface area contributed by atoms with Crippen LogP contribution in [0.1, 0.15) is 18.1 Å². The second-order valence-corrected chi connectivity index (χ2v) is 7.62. The SMILES string of the molecule is CN1C(=O)[C@]2(OC[C@@]3(C)COCC3=C2c2ccccc2)c2ccccc21. The van der Waals surface area contributed by atoms with Crippen molar-refractivity contribution in [3.8, 4) is 0 Å². The zero-order valence-corrected chi connectivity index (χ0v) is 15.0. The number of carbonyl (C=O) groups excluding carboxylic acids is 1. The molecule has 1 spiro atoms. The summed E-state index contributed by atoms with van der Waals surface area (Å²) in [5, 5.41) is 0. The van der Waals surface area contributed by atoms with Crippen LogP contribution in [0, 0.1) is 5.41 Å². The van der Waals surface area contributed by atoms with Crippen LogP contribution in [-0.4, -0.2) is 32.8 Å². The summed E-state index contributed by atoms with van der Waals surface area (Å²) in [7, 11) is 1.82. The molecule has 1 saturated heterocycles. The molecule has 2 atom stereocenters. The highest BCUT2D eigenvalue weighted by atomic mass is 16.5. The molecule has 2 aromatic carbocycles. The number of benzene rings is 2. The lowest BCUT2D eigenvalue weighted by Crippen LogP contribution is -2.49. The van der Waals surface area contributed by atoms with E-state index in [-0.39, 0.29) is 11.3 Å². The van der Waals surface area contributed by atoms with Crippen molar-refractivity contribution >= 4 is 17.2 Å². The second kappa shape index (κ2) is 5.29. The van der Waals surface area contributed by atoms with Gasteiger partial charge in [0.2, 0.25) is 0 Å². The molecule has 0 bridgehead atoms. The number of fused-ring (bicyclic) bond motifs is 3. The standard InChI is InChI=1S/C22H21NO3/c1-21-13-25-12-17(21)19(15-8-4-3-5-9-15)22(26-14-21)16-10-6-7-11-18(16)23(2)20(22)24/h3-11H,12-14H2,1-2H3/t21-,22+/m1/s1. The van der Waals surface area contributed by atoms with E-state index in [0.717, 1.165) is 22.4 Å². The van der Waals surface area contributed by atoms with Crippen LogP contribution >= 0.6 is 0 Å².